The molecule has 174 valence electrons. The average molecular weight is 463 g/mol. The molecule has 1 aromatic carbocycles. The number of hydrogen-bond acceptors (Lipinski definition) is 6. The van der Waals surface area contributed by atoms with E-state index in [0.717, 1.165) is 63.1 Å². The first-order chi connectivity index (χ1) is 15.1. The number of nitrogens with one attached hydrogen (secondary N) is 2. The van der Waals surface area contributed by atoms with Gasteiger partial charge < -0.3 is 19.9 Å². The van der Waals surface area contributed by atoms with Crippen molar-refractivity contribution in [3.8, 4) is 0 Å². The van der Waals surface area contributed by atoms with Crippen LogP contribution in [0.15, 0.2) is 18.2 Å². The van der Waals surface area contributed by atoms with Gasteiger partial charge in [-0.05, 0) is 69.0 Å². The van der Waals surface area contributed by atoms with Crippen LogP contribution in [0.2, 0.25) is 0 Å². The molecule has 0 bridgehead atoms. The maximum absolute atomic E-state index is 12.9. The molecule has 2 N–H and O–H groups in total. The molecule has 9 heteroatoms. The zero-order valence-electron chi connectivity index (χ0n) is 18.2. The normalized spacial score (nSPS) is 24.9. The van der Waals surface area contributed by atoms with Gasteiger partial charge in [0, 0.05) is 37.3 Å². The topological polar surface area (TPSA) is 91.0 Å². The van der Waals surface area contributed by atoms with Crippen LogP contribution in [0.4, 0.5) is 5.69 Å². The smallest absolute Gasteiger partial charge is 0.255 e. The molecule has 0 aromatic heterocycles. The Morgan fingerprint density at radius 2 is 1.66 bits per heavy atom. The van der Waals surface area contributed by atoms with Crippen LogP contribution in [0.3, 0.4) is 0 Å². The van der Waals surface area contributed by atoms with Crippen LogP contribution >= 0.6 is 12.4 Å². The van der Waals surface area contributed by atoms with E-state index in [9.17, 15) is 14.4 Å². The van der Waals surface area contributed by atoms with Crippen molar-refractivity contribution >= 4 is 35.8 Å². The van der Waals surface area contributed by atoms with Gasteiger partial charge in [-0.15, -0.1) is 12.4 Å². The van der Waals surface area contributed by atoms with Gasteiger partial charge >= 0.3 is 0 Å². The lowest BCUT2D eigenvalue weighted by atomic mass is 10.0. The number of anilines is 1. The highest BCUT2D eigenvalue weighted by atomic mass is 35.5. The molecule has 32 heavy (non-hydrogen) atoms. The Morgan fingerprint density at radius 3 is 2.38 bits per heavy atom. The predicted molar refractivity (Wildman–Crippen MR) is 122 cm³/mol. The third kappa shape index (κ3) is 4.63. The Balaban J connectivity index is 0.00000245. The van der Waals surface area contributed by atoms with Gasteiger partial charge in [0.1, 0.15) is 6.04 Å². The fourth-order valence-electron chi connectivity index (χ4n) is 5.21. The summed E-state index contributed by atoms with van der Waals surface area (Å²) in [6.45, 7) is 4.41. The van der Waals surface area contributed by atoms with E-state index in [2.05, 4.69) is 21.6 Å². The van der Waals surface area contributed by atoms with Crippen molar-refractivity contribution in [2.75, 3.05) is 31.1 Å². The Labute approximate surface area is 194 Å². The van der Waals surface area contributed by atoms with Crippen LogP contribution in [0.5, 0.6) is 0 Å². The first-order valence-corrected chi connectivity index (χ1v) is 11.5. The summed E-state index contributed by atoms with van der Waals surface area (Å²) in [6.07, 6.45) is 5.62. The second kappa shape index (κ2) is 9.77. The zero-order valence-corrected chi connectivity index (χ0v) is 19.0. The van der Waals surface area contributed by atoms with Crippen molar-refractivity contribution in [3.05, 3.63) is 29.3 Å². The minimum atomic E-state index is -0.566. The average Bonchev–Trinajstić information content (AvgIpc) is 3.10. The minimum Gasteiger partial charge on any atom is -0.375 e. The van der Waals surface area contributed by atoms with Crippen LogP contribution in [0, 0.1) is 0 Å². The number of hydrogen-bond donors (Lipinski definition) is 2. The predicted octanol–water partition coefficient (Wildman–Crippen LogP) is 1.61. The van der Waals surface area contributed by atoms with Crippen LogP contribution in [-0.4, -0.2) is 67.1 Å². The summed E-state index contributed by atoms with van der Waals surface area (Å²) in [6, 6.07) is 5.42. The minimum absolute atomic E-state index is 0. The second-order valence-corrected chi connectivity index (χ2v) is 9.01. The van der Waals surface area contributed by atoms with Crippen LogP contribution in [0.25, 0.3) is 0 Å². The molecule has 0 aliphatic carbocycles. The number of rotatable bonds is 4. The molecule has 1 aromatic rings. The van der Waals surface area contributed by atoms with Crippen LogP contribution in [0.1, 0.15) is 54.4 Å². The summed E-state index contributed by atoms with van der Waals surface area (Å²) in [4.78, 5) is 40.5. The van der Waals surface area contributed by atoms with Crippen molar-refractivity contribution in [2.24, 2.45) is 0 Å². The summed E-state index contributed by atoms with van der Waals surface area (Å²) >= 11 is 0. The number of piperidine rings is 3. The SMILES string of the molecule is Cl.O=C1CCC(N2Cc3cc(N4CCC(OC5CCNCC5)CC4)ccc3C2=O)C(=O)N1. The van der Waals surface area contributed by atoms with E-state index in [0.29, 0.717) is 30.7 Å². The fraction of sp³-hybridized carbons (Fsp3) is 0.609. The first kappa shape index (κ1) is 23.0. The molecule has 3 fully saturated rings. The molecule has 0 spiro atoms. The quantitative estimate of drug-likeness (QED) is 0.660. The van der Waals surface area contributed by atoms with E-state index < -0.39 is 6.04 Å². The highest BCUT2D eigenvalue weighted by Gasteiger charge is 2.39. The van der Waals surface area contributed by atoms with Crippen molar-refractivity contribution in [3.63, 3.8) is 0 Å². The molecular formula is C23H31ClN4O4. The van der Waals surface area contributed by atoms with Gasteiger partial charge in [-0.25, -0.2) is 0 Å². The molecule has 4 aliphatic rings. The van der Waals surface area contributed by atoms with E-state index >= 15 is 0 Å². The molecule has 4 aliphatic heterocycles. The van der Waals surface area contributed by atoms with Crippen LogP contribution < -0.4 is 15.5 Å². The van der Waals surface area contributed by atoms with E-state index in [-0.39, 0.29) is 36.5 Å². The van der Waals surface area contributed by atoms with E-state index in [1.807, 2.05) is 12.1 Å². The highest BCUT2D eigenvalue weighted by Crippen LogP contribution is 2.32. The van der Waals surface area contributed by atoms with Gasteiger partial charge in [-0.1, -0.05) is 0 Å². The molecule has 0 radical (unpaired) electrons. The second-order valence-electron chi connectivity index (χ2n) is 9.01. The molecule has 3 amide bonds. The maximum Gasteiger partial charge on any atom is 0.255 e. The van der Waals surface area contributed by atoms with Crippen molar-refractivity contribution < 1.29 is 19.1 Å². The van der Waals surface area contributed by atoms with Crippen molar-refractivity contribution in [1.82, 2.24) is 15.5 Å². The molecular weight excluding hydrogens is 432 g/mol. The lowest BCUT2D eigenvalue weighted by molar-refractivity contribution is -0.136. The first-order valence-electron chi connectivity index (χ1n) is 11.5. The molecule has 4 heterocycles. The fourth-order valence-corrected chi connectivity index (χ4v) is 5.21. The Hall–Kier alpha value is -2.16. The standard InChI is InChI=1S/C23H30N4O4.ClH/c28-21-4-3-20(22(29)25-21)27-14-15-13-16(1-2-19(15)23(27)30)26-11-7-18(8-12-26)31-17-5-9-24-10-6-17;/h1-2,13,17-18,20,24H,3-12,14H2,(H,25,28,29);1H. The summed E-state index contributed by atoms with van der Waals surface area (Å²) in [7, 11) is 0. The van der Waals surface area contributed by atoms with Gasteiger partial charge in [0.05, 0.1) is 12.2 Å². The number of carbonyl (C=O) groups excluding carboxylic acids is 3. The molecule has 5 rings (SSSR count). The number of halogens is 1. The van der Waals surface area contributed by atoms with Gasteiger partial charge in [0.25, 0.3) is 5.91 Å². The van der Waals surface area contributed by atoms with Gasteiger partial charge in [-0.3, -0.25) is 19.7 Å². The summed E-state index contributed by atoms with van der Waals surface area (Å²) in [5, 5.41) is 5.73. The largest absolute Gasteiger partial charge is 0.375 e. The Bertz CT molecular complexity index is 881. The number of ether oxygens (including phenoxy) is 1. The lowest BCUT2D eigenvalue weighted by Gasteiger charge is -2.36. The Kier molecular flexibility index (Phi) is 7.02. The number of imide groups is 1. The monoisotopic (exact) mass is 462 g/mol. The third-order valence-corrected chi connectivity index (χ3v) is 6.99. The van der Waals surface area contributed by atoms with E-state index in [4.69, 9.17) is 4.74 Å². The van der Waals surface area contributed by atoms with Gasteiger partial charge in [-0.2, -0.15) is 0 Å². The number of amides is 3. The van der Waals surface area contributed by atoms with Gasteiger partial charge in [0.15, 0.2) is 0 Å². The molecule has 3 saturated heterocycles. The van der Waals surface area contributed by atoms with E-state index in [1.54, 1.807) is 4.90 Å². The zero-order chi connectivity index (χ0) is 21.4. The molecule has 0 saturated carbocycles. The molecule has 8 nitrogen and oxygen atoms in total. The third-order valence-electron chi connectivity index (χ3n) is 6.99. The summed E-state index contributed by atoms with van der Waals surface area (Å²) in [5.41, 5.74) is 2.75. The maximum atomic E-state index is 12.9. The Morgan fingerprint density at radius 1 is 0.938 bits per heavy atom. The summed E-state index contributed by atoms with van der Waals surface area (Å²) in [5.74, 6) is -0.751. The number of carbonyl (C=O) groups is 3. The van der Waals surface area contributed by atoms with Crippen molar-refractivity contribution in [2.45, 2.75) is 63.3 Å². The highest BCUT2D eigenvalue weighted by molar-refractivity contribution is 6.05. The molecule has 1 unspecified atom stereocenters. The number of nitrogens with zero attached hydrogens (tertiary/aromatic N) is 2. The lowest BCUT2D eigenvalue weighted by Crippen LogP contribution is -2.52. The summed E-state index contributed by atoms with van der Waals surface area (Å²) < 4.78 is 6.32. The van der Waals surface area contributed by atoms with E-state index in [1.165, 1.54) is 0 Å². The van der Waals surface area contributed by atoms with Crippen LogP contribution in [-0.2, 0) is 20.9 Å². The van der Waals surface area contributed by atoms with Gasteiger partial charge in [0.2, 0.25) is 11.8 Å². The number of benzene rings is 1. The van der Waals surface area contributed by atoms with Crippen molar-refractivity contribution in [1.29, 1.82) is 0 Å². The molecule has 1 atom stereocenters. The number of fused-ring (bicyclic) bond motifs is 1.